The molecule has 106 valence electrons. The number of alkyl halides is 3. The Balaban J connectivity index is 2.64. The van der Waals surface area contributed by atoms with Crippen LogP contribution in [0.2, 0.25) is 0 Å². The molecule has 1 fully saturated rings. The Kier molecular flexibility index (Phi) is 4.73. The second-order valence-electron chi connectivity index (χ2n) is 4.25. The highest BCUT2D eigenvalue weighted by atomic mass is 32.2. The third kappa shape index (κ3) is 4.54. The lowest BCUT2D eigenvalue weighted by Gasteiger charge is -2.30. The van der Waals surface area contributed by atoms with Gasteiger partial charge in [-0.2, -0.15) is 30.6 Å². The van der Waals surface area contributed by atoms with E-state index in [0.29, 0.717) is 12.8 Å². The molecule has 1 unspecified atom stereocenters. The lowest BCUT2D eigenvalue weighted by Crippen LogP contribution is -2.49. The first-order chi connectivity index (χ1) is 8.12. The third-order valence-electron chi connectivity index (χ3n) is 2.75. The zero-order chi connectivity index (χ0) is 14.0. The number of rotatable bonds is 4. The van der Waals surface area contributed by atoms with Crippen molar-refractivity contribution in [3.63, 3.8) is 0 Å². The number of hydrogen-bond acceptors (Lipinski definition) is 3. The van der Waals surface area contributed by atoms with Crippen LogP contribution in [0.15, 0.2) is 0 Å². The summed E-state index contributed by atoms with van der Waals surface area (Å²) in [5.74, 6) is -0.577. The highest BCUT2D eigenvalue weighted by Gasteiger charge is 2.34. The summed E-state index contributed by atoms with van der Waals surface area (Å²) in [4.78, 5) is 11.2. The molecule has 0 aromatic carbocycles. The van der Waals surface area contributed by atoms with E-state index in [0.717, 1.165) is 4.31 Å². The highest BCUT2D eigenvalue weighted by molar-refractivity contribution is 7.87. The van der Waals surface area contributed by atoms with E-state index in [1.165, 1.54) is 11.6 Å². The molecule has 0 bridgehead atoms. The Morgan fingerprint density at radius 3 is 2.56 bits per heavy atom. The van der Waals surface area contributed by atoms with Gasteiger partial charge in [0.15, 0.2) is 0 Å². The van der Waals surface area contributed by atoms with Crippen molar-refractivity contribution in [2.24, 2.45) is 5.92 Å². The predicted molar refractivity (Wildman–Crippen MR) is 58.0 cm³/mol. The minimum atomic E-state index is -4.59. The van der Waals surface area contributed by atoms with E-state index in [-0.39, 0.29) is 18.9 Å². The zero-order valence-electron chi connectivity index (χ0n) is 9.83. The molecule has 0 saturated carbocycles. The maximum absolute atomic E-state index is 12.0. The van der Waals surface area contributed by atoms with E-state index < -0.39 is 28.8 Å². The fourth-order valence-corrected chi connectivity index (χ4v) is 3.03. The van der Waals surface area contributed by atoms with Crippen molar-refractivity contribution < 1.29 is 26.4 Å². The maximum atomic E-state index is 12.0. The summed E-state index contributed by atoms with van der Waals surface area (Å²) in [6, 6.07) is 0. The minimum absolute atomic E-state index is 0.0531. The van der Waals surface area contributed by atoms with Crippen LogP contribution in [0, 0.1) is 5.92 Å². The van der Waals surface area contributed by atoms with Crippen molar-refractivity contribution in [1.29, 1.82) is 0 Å². The molecular formula is C9H15F3N2O3S. The molecule has 1 saturated heterocycles. The quantitative estimate of drug-likeness (QED) is 0.827. The van der Waals surface area contributed by atoms with E-state index in [4.69, 9.17) is 0 Å². The van der Waals surface area contributed by atoms with Gasteiger partial charge in [-0.05, 0) is 19.8 Å². The Morgan fingerprint density at radius 1 is 1.44 bits per heavy atom. The lowest BCUT2D eigenvalue weighted by molar-refractivity contribution is -0.123. The fraction of sp³-hybridized carbons (Fsp3) is 0.889. The normalized spacial score (nSPS) is 23.0. The van der Waals surface area contributed by atoms with Crippen molar-refractivity contribution in [3.05, 3.63) is 0 Å². The molecule has 9 heteroatoms. The van der Waals surface area contributed by atoms with Crippen LogP contribution in [-0.2, 0) is 15.0 Å². The van der Waals surface area contributed by atoms with Crippen molar-refractivity contribution in [2.75, 3.05) is 19.6 Å². The zero-order valence-corrected chi connectivity index (χ0v) is 10.6. The summed E-state index contributed by atoms with van der Waals surface area (Å²) >= 11 is 0. The average Bonchev–Trinajstić information content (AvgIpc) is 2.26. The second kappa shape index (κ2) is 5.54. The van der Waals surface area contributed by atoms with Gasteiger partial charge < -0.3 is 0 Å². The van der Waals surface area contributed by atoms with E-state index in [1.807, 2.05) is 0 Å². The number of Topliss-reactive ketones (excluding diaryl/α,β-unsaturated/α-hetero) is 1. The number of nitrogens with zero attached hydrogens (tertiary/aromatic N) is 1. The van der Waals surface area contributed by atoms with E-state index in [2.05, 4.69) is 0 Å². The molecule has 0 aromatic rings. The number of ketones is 1. The second-order valence-corrected chi connectivity index (χ2v) is 6.00. The topological polar surface area (TPSA) is 66.5 Å². The van der Waals surface area contributed by atoms with Gasteiger partial charge >= 0.3 is 6.18 Å². The first-order valence-electron chi connectivity index (χ1n) is 5.44. The van der Waals surface area contributed by atoms with Crippen LogP contribution in [0.4, 0.5) is 13.2 Å². The Morgan fingerprint density at radius 2 is 2.06 bits per heavy atom. The Hall–Kier alpha value is -0.670. The van der Waals surface area contributed by atoms with Gasteiger partial charge in [0.05, 0.1) is 0 Å². The van der Waals surface area contributed by atoms with Crippen LogP contribution in [0.1, 0.15) is 19.8 Å². The fourth-order valence-electron chi connectivity index (χ4n) is 1.76. The molecule has 0 spiro atoms. The monoisotopic (exact) mass is 288 g/mol. The van der Waals surface area contributed by atoms with E-state index in [9.17, 15) is 26.4 Å². The van der Waals surface area contributed by atoms with Crippen molar-refractivity contribution in [2.45, 2.75) is 25.9 Å². The average molecular weight is 288 g/mol. The van der Waals surface area contributed by atoms with Gasteiger partial charge in [0.1, 0.15) is 12.3 Å². The van der Waals surface area contributed by atoms with Gasteiger partial charge in [-0.1, -0.05) is 0 Å². The van der Waals surface area contributed by atoms with Crippen LogP contribution in [0.5, 0.6) is 0 Å². The number of hydrogen-bond donors (Lipinski definition) is 1. The van der Waals surface area contributed by atoms with Gasteiger partial charge in [-0.15, -0.1) is 0 Å². The SMILES string of the molecule is CC(=O)C1CCCN(S(=O)(=O)NCC(F)(F)F)C1. The van der Waals surface area contributed by atoms with Gasteiger partial charge in [-0.25, -0.2) is 0 Å². The molecule has 5 nitrogen and oxygen atoms in total. The van der Waals surface area contributed by atoms with Crippen molar-refractivity contribution in [1.82, 2.24) is 9.03 Å². The summed E-state index contributed by atoms with van der Waals surface area (Å²) in [5.41, 5.74) is 0. The summed E-state index contributed by atoms with van der Waals surface area (Å²) in [6.07, 6.45) is -3.55. The van der Waals surface area contributed by atoms with Crippen molar-refractivity contribution >= 4 is 16.0 Å². The summed E-state index contributed by atoms with van der Waals surface area (Å²) < 4.78 is 61.5. The van der Waals surface area contributed by atoms with Crippen LogP contribution in [0.25, 0.3) is 0 Å². The largest absolute Gasteiger partial charge is 0.402 e. The van der Waals surface area contributed by atoms with Crippen LogP contribution in [-0.4, -0.2) is 44.3 Å². The molecular weight excluding hydrogens is 273 g/mol. The molecule has 0 radical (unpaired) electrons. The first kappa shape index (κ1) is 15.4. The molecule has 0 amide bonds. The smallest absolute Gasteiger partial charge is 0.300 e. The van der Waals surface area contributed by atoms with Crippen molar-refractivity contribution in [3.8, 4) is 0 Å². The number of halogens is 3. The van der Waals surface area contributed by atoms with Gasteiger partial charge in [0.2, 0.25) is 0 Å². The maximum Gasteiger partial charge on any atom is 0.402 e. The molecule has 1 aliphatic rings. The third-order valence-corrected chi connectivity index (χ3v) is 4.27. The molecule has 1 aliphatic heterocycles. The molecule has 1 rings (SSSR count). The molecule has 1 N–H and O–H groups in total. The first-order valence-corrected chi connectivity index (χ1v) is 6.88. The number of nitrogens with one attached hydrogen (secondary N) is 1. The van der Waals surface area contributed by atoms with Crippen LogP contribution < -0.4 is 4.72 Å². The molecule has 18 heavy (non-hydrogen) atoms. The van der Waals surface area contributed by atoms with Gasteiger partial charge in [-0.3, -0.25) is 4.79 Å². The van der Waals surface area contributed by atoms with Crippen LogP contribution >= 0.6 is 0 Å². The van der Waals surface area contributed by atoms with E-state index >= 15 is 0 Å². The highest BCUT2D eigenvalue weighted by Crippen LogP contribution is 2.20. The Labute approximate surface area is 104 Å². The molecule has 1 heterocycles. The number of carbonyl (C=O) groups excluding carboxylic acids is 1. The summed E-state index contributed by atoms with van der Waals surface area (Å²) in [6.45, 7) is -0.167. The number of carbonyl (C=O) groups is 1. The molecule has 0 aromatic heterocycles. The van der Waals surface area contributed by atoms with E-state index in [1.54, 1.807) is 0 Å². The summed E-state index contributed by atoms with van der Waals surface area (Å²) in [5, 5.41) is 0. The summed E-state index contributed by atoms with van der Waals surface area (Å²) in [7, 11) is -4.17. The standard InChI is InChI=1S/C9H15F3N2O3S/c1-7(15)8-3-2-4-14(5-8)18(16,17)13-6-9(10,11)12/h8,13H,2-6H2,1H3. The van der Waals surface area contributed by atoms with Gasteiger partial charge in [0.25, 0.3) is 10.2 Å². The number of piperidine rings is 1. The van der Waals surface area contributed by atoms with Gasteiger partial charge in [0, 0.05) is 19.0 Å². The minimum Gasteiger partial charge on any atom is -0.300 e. The molecule has 0 aliphatic carbocycles. The van der Waals surface area contributed by atoms with Crippen LogP contribution in [0.3, 0.4) is 0 Å². The predicted octanol–water partition coefficient (Wildman–Crippen LogP) is 0.684. The molecule has 1 atom stereocenters. The Bertz CT molecular complexity index is 408. The lowest BCUT2D eigenvalue weighted by atomic mass is 9.96.